The first-order valence-electron chi connectivity index (χ1n) is 12.0. The second kappa shape index (κ2) is 9.99. The molecule has 9 heteroatoms. The highest BCUT2D eigenvalue weighted by atomic mass is 32.2. The number of benzene rings is 2. The van der Waals surface area contributed by atoms with Crippen molar-refractivity contribution in [3.63, 3.8) is 0 Å². The van der Waals surface area contributed by atoms with Crippen LogP contribution in [0.5, 0.6) is 5.75 Å². The van der Waals surface area contributed by atoms with Crippen LogP contribution < -0.4 is 15.6 Å². The van der Waals surface area contributed by atoms with Gasteiger partial charge in [0.05, 0.1) is 41.8 Å². The van der Waals surface area contributed by atoms with E-state index in [1.54, 1.807) is 35.9 Å². The summed E-state index contributed by atoms with van der Waals surface area (Å²) < 4.78 is 12.6. The predicted molar refractivity (Wildman–Crippen MR) is 145 cm³/mol. The molecule has 1 amide bonds. The molecule has 1 N–H and O–H groups in total. The minimum Gasteiger partial charge on any atom is -0.497 e. The maximum atomic E-state index is 13.8. The molecule has 0 aliphatic carbocycles. The van der Waals surface area contributed by atoms with Crippen molar-refractivity contribution in [2.45, 2.75) is 44.6 Å². The number of methoxy groups -OCH3 is 1. The molecule has 190 valence electrons. The van der Waals surface area contributed by atoms with Crippen molar-refractivity contribution in [2.75, 3.05) is 18.2 Å². The molecule has 37 heavy (non-hydrogen) atoms. The molecule has 2 aromatic heterocycles. The lowest BCUT2D eigenvalue weighted by atomic mass is 9.95. The van der Waals surface area contributed by atoms with E-state index in [4.69, 9.17) is 19.4 Å². The summed E-state index contributed by atoms with van der Waals surface area (Å²) in [7, 11) is 1.59. The SMILES string of the molecule is COc1ccc(NC(=O)CSc2nc3nc4c(cc3c(=O)n2-c2ccc(C)cc2)COC(C)(C)C4)cc1. The number of carbonyl (C=O) groups excluding carboxylic acids is 1. The molecule has 2 aromatic carbocycles. The van der Waals surface area contributed by atoms with E-state index in [2.05, 4.69) is 5.32 Å². The lowest BCUT2D eigenvalue weighted by molar-refractivity contribution is -0.113. The molecule has 0 saturated carbocycles. The van der Waals surface area contributed by atoms with E-state index in [0.29, 0.717) is 46.3 Å². The third kappa shape index (κ3) is 5.38. The predicted octanol–water partition coefficient (Wildman–Crippen LogP) is 4.68. The zero-order valence-electron chi connectivity index (χ0n) is 21.2. The summed E-state index contributed by atoms with van der Waals surface area (Å²) in [6.45, 7) is 6.43. The average Bonchev–Trinajstić information content (AvgIpc) is 2.87. The fraction of sp³-hybridized carbons (Fsp3) is 0.286. The molecule has 1 aliphatic rings. The van der Waals surface area contributed by atoms with Crippen LogP contribution in [0.4, 0.5) is 5.69 Å². The van der Waals surface area contributed by atoms with Gasteiger partial charge in [0.2, 0.25) is 5.91 Å². The van der Waals surface area contributed by atoms with Gasteiger partial charge in [-0.15, -0.1) is 0 Å². The molecular formula is C28H28N4O4S. The molecule has 1 aliphatic heterocycles. The Morgan fingerprint density at radius 3 is 2.57 bits per heavy atom. The van der Waals surface area contributed by atoms with Gasteiger partial charge in [-0.3, -0.25) is 14.2 Å². The second-order valence-electron chi connectivity index (χ2n) is 9.63. The summed E-state index contributed by atoms with van der Waals surface area (Å²) >= 11 is 1.20. The van der Waals surface area contributed by atoms with Crippen LogP contribution in [0.25, 0.3) is 16.7 Å². The van der Waals surface area contributed by atoms with Gasteiger partial charge < -0.3 is 14.8 Å². The minimum absolute atomic E-state index is 0.0711. The number of amides is 1. The standard InChI is InChI=1S/C28H28N4O4S/c1-17-5-9-20(10-6-17)32-26(34)22-13-18-15-36-28(2,3)14-23(18)30-25(22)31-27(32)37-16-24(33)29-19-7-11-21(35-4)12-8-19/h5-13H,14-16H2,1-4H3,(H,29,33). The van der Waals surface area contributed by atoms with Crippen LogP contribution in [0.2, 0.25) is 0 Å². The zero-order chi connectivity index (χ0) is 26.2. The van der Waals surface area contributed by atoms with Crippen molar-refractivity contribution in [1.29, 1.82) is 0 Å². The Morgan fingerprint density at radius 2 is 1.86 bits per heavy atom. The van der Waals surface area contributed by atoms with Gasteiger partial charge in [0.25, 0.3) is 5.56 Å². The van der Waals surface area contributed by atoms with Gasteiger partial charge in [-0.25, -0.2) is 9.97 Å². The minimum atomic E-state index is -0.332. The van der Waals surface area contributed by atoms with Gasteiger partial charge in [-0.05, 0) is 63.2 Å². The van der Waals surface area contributed by atoms with Crippen LogP contribution in [-0.2, 0) is 22.6 Å². The van der Waals surface area contributed by atoms with Crippen LogP contribution in [0.1, 0.15) is 30.7 Å². The van der Waals surface area contributed by atoms with Gasteiger partial charge in [-0.1, -0.05) is 29.5 Å². The Labute approximate surface area is 219 Å². The number of anilines is 1. The molecule has 0 spiro atoms. The van der Waals surface area contributed by atoms with E-state index in [0.717, 1.165) is 16.8 Å². The van der Waals surface area contributed by atoms with Gasteiger partial charge in [-0.2, -0.15) is 0 Å². The number of nitrogens with one attached hydrogen (secondary N) is 1. The Morgan fingerprint density at radius 1 is 1.14 bits per heavy atom. The van der Waals surface area contributed by atoms with Crippen LogP contribution in [0.3, 0.4) is 0 Å². The van der Waals surface area contributed by atoms with Crippen molar-refractivity contribution in [2.24, 2.45) is 0 Å². The van der Waals surface area contributed by atoms with Crippen molar-refractivity contribution in [3.8, 4) is 11.4 Å². The fourth-order valence-electron chi connectivity index (χ4n) is 4.20. The molecule has 5 rings (SSSR count). The van der Waals surface area contributed by atoms with Gasteiger partial charge in [0, 0.05) is 17.7 Å². The van der Waals surface area contributed by atoms with E-state index in [1.165, 1.54) is 11.8 Å². The van der Waals surface area contributed by atoms with Crippen LogP contribution >= 0.6 is 11.8 Å². The quantitative estimate of drug-likeness (QED) is 0.294. The lowest BCUT2D eigenvalue weighted by Gasteiger charge is -2.31. The Hall–Kier alpha value is -3.69. The number of rotatable bonds is 6. The van der Waals surface area contributed by atoms with Crippen LogP contribution in [0.15, 0.2) is 64.5 Å². The highest BCUT2D eigenvalue weighted by molar-refractivity contribution is 7.99. The molecule has 0 unspecified atom stereocenters. The Kier molecular flexibility index (Phi) is 6.74. The first kappa shape index (κ1) is 25.0. The third-order valence-electron chi connectivity index (χ3n) is 6.21. The number of nitrogens with zero attached hydrogens (tertiary/aromatic N) is 3. The lowest BCUT2D eigenvalue weighted by Crippen LogP contribution is -2.33. The number of aryl methyl sites for hydroxylation is 1. The van der Waals surface area contributed by atoms with Gasteiger partial charge in [0.1, 0.15) is 5.75 Å². The molecule has 0 radical (unpaired) electrons. The normalized spacial score (nSPS) is 14.3. The molecule has 3 heterocycles. The summed E-state index contributed by atoms with van der Waals surface area (Å²) in [6.07, 6.45) is 0.633. The number of carbonyl (C=O) groups is 1. The molecular weight excluding hydrogens is 488 g/mol. The first-order chi connectivity index (χ1) is 17.7. The summed E-state index contributed by atoms with van der Waals surface area (Å²) in [4.78, 5) is 36.0. The highest BCUT2D eigenvalue weighted by Crippen LogP contribution is 2.29. The smallest absolute Gasteiger partial charge is 0.268 e. The molecule has 4 aromatic rings. The molecule has 0 atom stereocenters. The summed E-state index contributed by atoms with van der Waals surface area (Å²) in [5.74, 6) is 0.568. The average molecular weight is 517 g/mol. The first-order valence-corrected chi connectivity index (χ1v) is 12.9. The van der Waals surface area contributed by atoms with E-state index < -0.39 is 0 Å². The van der Waals surface area contributed by atoms with Gasteiger partial charge in [0.15, 0.2) is 10.8 Å². The number of hydrogen-bond acceptors (Lipinski definition) is 7. The van der Waals surface area contributed by atoms with Crippen molar-refractivity contribution < 1.29 is 14.3 Å². The largest absolute Gasteiger partial charge is 0.497 e. The molecule has 8 nitrogen and oxygen atoms in total. The maximum absolute atomic E-state index is 13.8. The van der Waals surface area contributed by atoms with E-state index in [9.17, 15) is 9.59 Å². The van der Waals surface area contributed by atoms with Crippen LogP contribution in [-0.4, -0.2) is 38.9 Å². The number of thioether (sulfide) groups is 1. The Balaban J connectivity index is 1.51. The van der Waals surface area contributed by atoms with Gasteiger partial charge >= 0.3 is 0 Å². The third-order valence-corrected chi connectivity index (χ3v) is 7.15. The molecule has 0 fully saturated rings. The number of pyridine rings is 1. The monoisotopic (exact) mass is 516 g/mol. The summed E-state index contributed by atoms with van der Waals surface area (Å²) in [6, 6.07) is 16.6. The number of ether oxygens (including phenoxy) is 2. The van der Waals surface area contributed by atoms with E-state index in [1.807, 2.05) is 51.1 Å². The summed E-state index contributed by atoms with van der Waals surface area (Å²) in [5, 5.41) is 3.70. The molecule has 0 saturated heterocycles. The number of aromatic nitrogens is 3. The Bertz CT molecular complexity index is 1530. The van der Waals surface area contributed by atoms with E-state index in [-0.39, 0.29) is 22.8 Å². The topological polar surface area (TPSA) is 95.3 Å². The number of hydrogen-bond donors (Lipinski definition) is 1. The maximum Gasteiger partial charge on any atom is 0.268 e. The molecule has 0 bridgehead atoms. The van der Waals surface area contributed by atoms with E-state index >= 15 is 0 Å². The number of fused-ring (bicyclic) bond motifs is 2. The van der Waals surface area contributed by atoms with Crippen molar-refractivity contribution >= 4 is 34.4 Å². The van der Waals surface area contributed by atoms with Crippen molar-refractivity contribution in [3.05, 3.63) is 81.8 Å². The fourth-order valence-corrected chi connectivity index (χ4v) is 5.00. The van der Waals surface area contributed by atoms with Crippen molar-refractivity contribution in [1.82, 2.24) is 14.5 Å². The second-order valence-corrected chi connectivity index (χ2v) is 10.6. The van der Waals surface area contributed by atoms with Crippen LogP contribution in [0, 0.1) is 6.92 Å². The summed E-state index contributed by atoms with van der Waals surface area (Å²) in [5.41, 5.74) is 4.02. The highest BCUT2D eigenvalue weighted by Gasteiger charge is 2.28. The zero-order valence-corrected chi connectivity index (χ0v) is 22.0.